The molecule has 0 saturated heterocycles. The first-order valence-electron chi connectivity index (χ1n) is 5.15. The van der Waals surface area contributed by atoms with Gasteiger partial charge in [-0.05, 0) is 32.6 Å². The van der Waals surface area contributed by atoms with Crippen LogP contribution in [0.4, 0.5) is 0 Å². The lowest BCUT2D eigenvalue weighted by atomic mass is 10.1. The van der Waals surface area contributed by atoms with Gasteiger partial charge in [-0.15, -0.1) is 0 Å². The molecule has 15 heavy (non-hydrogen) atoms. The lowest BCUT2D eigenvalue weighted by Gasteiger charge is -2.04. The van der Waals surface area contributed by atoms with Crippen LogP contribution in [0.2, 0.25) is 0 Å². The smallest absolute Gasteiger partial charge is 0.332 e. The van der Waals surface area contributed by atoms with Crippen molar-refractivity contribution in [2.45, 2.75) is 51.7 Å². The van der Waals surface area contributed by atoms with Gasteiger partial charge < -0.3 is 20.4 Å². The quantitative estimate of drug-likeness (QED) is 0.487. The van der Waals surface area contributed by atoms with Crippen molar-refractivity contribution in [3.05, 3.63) is 0 Å². The van der Waals surface area contributed by atoms with Crippen LogP contribution >= 0.6 is 0 Å². The van der Waals surface area contributed by atoms with E-state index in [4.69, 9.17) is 20.4 Å². The Morgan fingerprint density at radius 3 is 2.00 bits per heavy atom. The van der Waals surface area contributed by atoms with E-state index in [0.717, 1.165) is 25.7 Å². The molecule has 0 amide bonds. The Labute approximate surface area is 90.4 Å². The van der Waals surface area contributed by atoms with E-state index in [-0.39, 0.29) is 12.7 Å². The fraction of sp³-hybridized carbons (Fsp3) is 0.900. The molecular formula is C10H22O5. The lowest BCUT2D eigenvalue weighted by molar-refractivity contribution is -0.145. The van der Waals surface area contributed by atoms with E-state index in [1.165, 1.54) is 6.92 Å². The summed E-state index contributed by atoms with van der Waals surface area (Å²) in [6, 6.07) is 0. The summed E-state index contributed by atoms with van der Waals surface area (Å²) in [6.07, 6.45) is 2.02. The second-order valence-electron chi connectivity index (χ2n) is 3.30. The number of carboxylic acids is 1. The topological polar surface area (TPSA) is 98.0 Å². The molecule has 0 aromatic heterocycles. The average molecular weight is 222 g/mol. The third kappa shape index (κ3) is 16.1. The van der Waals surface area contributed by atoms with Crippen LogP contribution in [0.1, 0.15) is 39.5 Å². The van der Waals surface area contributed by atoms with Gasteiger partial charge in [0.25, 0.3) is 0 Å². The molecule has 0 aliphatic carbocycles. The SMILES string of the molecule is CC(O)C(=O)O.CCC(O)CCCCO. The van der Waals surface area contributed by atoms with Gasteiger partial charge in [0.2, 0.25) is 0 Å². The summed E-state index contributed by atoms with van der Waals surface area (Å²) in [5.41, 5.74) is 0. The van der Waals surface area contributed by atoms with Crippen LogP contribution in [0.3, 0.4) is 0 Å². The van der Waals surface area contributed by atoms with Gasteiger partial charge in [0.15, 0.2) is 0 Å². The normalized spacial score (nSPS) is 13.7. The van der Waals surface area contributed by atoms with Crippen LogP contribution in [0.5, 0.6) is 0 Å². The maximum absolute atomic E-state index is 9.45. The minimum absolute atomic E-state index is 0.156. The number of carboxylic acid groups (broad SMARTS) is 1. The summed E-state index contributed by atoms with van der Waals surface area (Å²) in [5.74, 6) is -1.19. The van der Waals surface area contributed by atoms with Crippen LogP contribution in [0.25, 0.3) is 0 Å². The van der Waals surface area contributed by atoms with Crippen molar-refractivity contribution in [1.29, 1.82) is 0 Å². The molecule has 0 bridgehead atoms. The standard InChI is InChI=1S/C7H16O2.C3H6O3/c1-2-7(9)5-3-4-6-8;1-2(4)3(5)6/h7-9H,2-6H2,1H3;2,4H,1H3,(H,5,6). The largest absolute Gasteiger partial charge is 0.479 e. The van der Waals surface area contributed by atoms with E-state index in [1.807, 2.05) is 6.92 Å². The zero-order chi connectivity index (χ0) is 12.3. The number of rotatable bonds is 6. The minimum atomic E-state index is -1.23. The summed E-state index contributed by atoms with van der Waals surface area (Å²) in [7, 11) is 0. The Balaban J connectivity index is 0. The molecular weight excluding hydrogens is 200 g/mol. The van der Waals surface area contributed by atoms with E-state index < -0.39 is 12.1 Å². The molecule has 5 heteroatoms. The predicted octanol–water partition coefficient (Wildman–Crippen LogP) is 0.372. The van der Waals surface area contributed by atoms with E-state index in [0.29, 0.717) is 0 Å². The molecule has 0 saturated carbocycles. The predicted molar refractivity (Wildman–Crippen MR) is 56.6 cm³/mol. The third-order valence-corrected chi connectivity index (χ3v) is 1.77. The zero-order valence-electron chi connectivity index (χ0n) is 9.39. The van der Waals surface area contributed by atoms with Crippen molar-refractivity contribution in [2.75, 3.05) is 6.61 Å². The molecule has 2 atom stereocenters. The van der Waals surface area contributed by atoms with E-state index in [1.54, 1.807) is 0 Å². The number of unbranched alkanes of at least 4 members (excludes halogenated alkanes) is 1. The summed E-state index contributed by atoms with van der Waals surface area (Å²) in [5, 5.41) is 33.1. The Morgan fingerprint density at radius 1 is 1.27 bits per heavy atom. The van der Waals surface area contributed by atoms with Crippen molar-refractivity contribution in [3.63, 3.8) is 0 Å². The Hall–Kier alpha value is -0.650. The molecule has 92 valence electrons. The van der Waals surface area contributed by atoms with E-state index in [9.17, 15) is 4.79 Å². The van der Waals surface area contributed by atoms with Crippen LogP contribution in [0, 0.1) is 0 Å². The van der Waals surface area contributed by atoms with Crippen LogP contribution in [-0.4, -0.2) is 45.2 Å². The molecule has 0 aromatic rings. The fourth-order valence-electron chi connectivity index (χ4n) is 0.696. The molecule has 0 radical (unpaired) electrons. The van der Waals surface area contributed by atoms with Crippen LogP contribution in [0.15, 0.2) is 0 Å². The van der Waals surface area contributed by atoms with Gasteiger partial charge in [0.1, 0.15) is 6.10 Å². The molecule has 4 N–H and O–H groups in total. The molecule has 0 rings (SSSR count). The number of aliphatic hydroxyl groups excluding tert-OH is 3. The second-order valence-corrected chi connectivity index (χ2v) is 3.30. The molecule has 2 unspecified atom stereocenters. The molecule has 0 aliphatic rings. The van der Waals surface area contributed by atoms with Crippen LogP contribution < -0.4 is 0 Å². The molecule has 0 heterocycles. The number of hydrogen-bond donors (Lipinski definition) is 4. The Bertz CT molecular complexity index is 147. The fourth-order valence-corrected chi connectivity index (χ4v) is 0.696. The summed E-state index contributed by atoms with van der Waals surface area (Å²) in [4.78, 5) is 9.45. The van der Waals surface area contributed by atoms with Gasteiger partial charge in [0, 0.05) is 6.61 Å². The van der Waals surface area contributed by atoms with Crippen molar-refractivity contribution >= 4 is 5.97 Å². The highest BCUT2D eigenvalue weighted by molar-refractivity contribution is 5.71. The number of carbonyl (C=O) groups is 1. The first kappa shape index (κ1) is 16.8. The molecule has 0 aromatic carbocycles. The first-order valence-corrected chi connectivity index (χ1v) is 5.15. The lowest BCUT2D eigenvalue weighted by Crippen LogP contribution is -2.13. The average Bonchev–Trinajstić information content (AvgIpc) is 2.18. The number of aliphatic carboxylic acids is 1. The molecule has 0 aliphatic heterocycles. The monoisotopic (exact) mass is 222 g/mol. The van der Waals surface area contributed by atoms with Gasteiger partial charge in [-0.2, -0.15) is 0 Å². The molecule has 0 spiro atoms. The second kappa shape index (κ2) is 11.4. The first-order chi connectivity index (χ1) is 6.95. The summed E-state index contributed by atoms with van der Waals surface area (Å²) in [6.45, 7) is 3.41. The van der Waals surface area contributed by atoms with Crippen molar-refractivity contribution in [2.24, 2.45) is 0 Å². The van der Waals surface area contributed by atoms with Crippen LogP contribution in [-0.2, 0) is 4.79 Å². The van der Waals surface area contributed by atoms with Crippen molar-refractivity contribution < 1.29 is 25.2 Å². The third-order valence-electron chi connectivity index (χ3n) is 1.77. The number of aliphatic hydroxyl groups is 3. The highest BCUT2D eigenvalue weighted by Crippen LogP contribution is 2.02. The summed E-state index contributed by atoms with van der Waals surface area (Å²) >= 11 is 0. The van der Waals surface area contributed by atoms with Gasteiger partial charge >= 0.3 is 5.97 Å². The van der Waals surface area contributed by atoms with Gasteiger partial charge in [-0.3, -0.25) is 0 Å². The van der Waals surface area contributed by atoms with E-state index >= 15 is 0 Å². The number of hydrogen-bond acceptors (Lipinski definition) is 4. The maximum atomic E-state index is 9.45. The van der Waals surface area contributed by atoms with Crippen molar-refractivity contribution in [3.8, 4) is 0 Å². The minimum Gasteiger partial charge on any atom is -0.479 e. The highest BCUT2D eigenvalue weighted by atomic mass is 16.4. The summed E-state index contributed by atoms with van der Waals surface area (Å²) < 4.78 is 0. The van der Waals surface area contributed by atoms with Gasteiger partial charge in [0.05, 0.1) is 6.10 Å². The Kier molecular flexibility index (Phi) is 12.8. The van der Waals surface area contributed by atoms with Gasteiger partial charge in [-0.1, -0.05) is 6.92 Å². The molecule has 0 fully saturated rings. The highest BCUT2D eigenvalue weighted by Gasteiger charge is 2.01. The van der Waals surface area contributed by atoms with E-state index in [2.05, 4.69) is 0 Å². The maximum Gasteiger partial charge on any atom is 0.332 e. The molecule has 5 nitrogen and oxygen atoms in total. The van der Waals surface area contributed by atoms with Gasteiger partial charge in [-0.25, -0.2) is 4.79 Å². The Morgan fingerprint density at radius 2 is 1.73 bits per heavy atom. The zero-order valence-corrected chi connectivity index (χ0v) is 9.39. The van der Waals surface area contributed by atoms with Crippen molar-refractivity contribution in [1.82, 2.24) is 0 Å².